The first-order valence-corrected chi connectivity index (χ1v) is 6.13. The lowest BCUT2D eigenvalue weighted by molar-refractivity contribution is 0.100. The van der Waals surface area contributed by atoms with Crippen molar-refractivity contribution in [2.75, 3.05) is 18.5 Å². The van der Waals surface area contributed by atoms with Crippen LogP contribution in [-0.4, -0.2) is 24.0 Å². The number of halogens is 2. The van der Waals surface area contributed by atoms with Crippen LogP contribution in [0.3, 0.4) is 0 Å². The van der Waals surface area contributed by atoms with Gasteiger partial charge in [0.25, 0.3) is 5.91 Å². The molecule has 1 aromatic carbocycles. The molecule has 0 aliphatic carbocycles. The highest BCUT2D eigenvalue weighted by Gasteiger charge is 2.07. The number of hydrogen-bond acceptors (Lipinski definition) is 4. The lowest BCUT2D eigenvalue weighted by atomic mass is 10.2. The maximum Gasteiger partial charge on any atom is 0.252 e. The highest BCUT2D eigenvalue weighted by molar-refractivity contribution is 5.98. The van der Waals surface area contributed by atoms with Crippen molar-refractivity contribution in [1.82, 2.24) is 4.98 Å². The molecule has 3 N–H and O–H groups in total. The molecule has 2 aromatic rings. The van der Waals surface area contributed by atoms with Gasteiger partial charge in [-0.2, -0.15) is 0 Å². The van der Waals surface area contributed by atoms with Gasteiger partial charge in [-0.25, -0.2) is 8.78 Å². The average molecular weight is 293 g/mol. The Balaban J connectivity index is 1.87. The average Bonchev–Trinajstić information content (AvgIpc) is 2.47. The number of benzene rings is 1. The third-order valence-corrected chi connectivity index (χ3v) is 2.66. The topological polar surface area (TPSA) is 77.2 Å². The Morgan fingerprint density at radius 1 is 1.29 bits per heavy atom. The van der Waals surface area contributed by atoms with Gasteiger partial charge in [0.05, 0.1) is 11.3 Å². The Bertz CT molecular complexity index is 650. The largest absolute Gasteiger partial charge is 0.492 e. The molecule has 110 valence electrons. The van der Waals surface area contributed by atoms with E-state index in [1.807, 2.05) is 0 Å². The molecule has 0 radical (unpaired) electrons. The summed E-state index contributed by atoms with van der Waals surface area (Å²) in [4.78, 5) is 15.0. The number of nitrogens with zero attached hydrogens (tertiary/aromatic N) is 1. The molecule has 0 spiro atoms. The Morgan fingerprint density at radius 2 is 2.10 bits per heavy atom. The van der Waals surface area contributed by atoms with Crippen molar-refractivity contribution in [3.8, 4) is 5.75 Å². The van der Waals surface area contributed by atoms with Crippen LogP contribution in [0.15, 0.2) is 36.7 Å². The number of aromatic nitrogens is 1. The van der Waals surface area contributed by atoms with E-state index in [4.69, 9.17) is 10.5 Å². The number of carbonyl (C=O) groups is 1. The third kappa shape index (κ3) is 3.88. The van der Waals surface area contributed by atoms with Crippen molar-refractivity contribution in [3.05, 3.63) is 53.9 Å². The van der Waals surface area contributed by atoms with Crippen LogP contribution in [0.5, 0.6) is 5.75 Å². The van der Waals surface area contributed by atoms with Crippen LogP contribution in [0, 0.1) is 11.6 Å². The molecule has 0 saturated heterocycles. The zero-order chi connectivity index (χ0) is 15.2. The molecule has 0 atom stereocenters. The first-order chi connectivity index (χ1) is 10.1. The van der Waals surface area contributed by atoms with E-state index in [1.54, 1.807) is 6.07 Å². The van der Waals surface area contributed by atoms with Gasteiger partial charge in [-0.1, -0.05) is 0 Å². The minimum atomic E-state index is -0.967. The second-order valence-corrected chi connectivity index (χ2v) is 4.14. The molecule has 0 bridgehead atoms. The van der Waals surface area contributed by atoms with Crippen LogP contribution in [-0.2, 0) is 0 Å². The Kier molecular flexibility index (Phi) is 4.65. The molecule has 0 unspecified atom stereocenters. The smallest absolute Gasteiger partial charge is 0.252 e. The van der Waals surface area contributed by atoms with Crippen LogP contribution in [0.2, 0.25) is 0 Å². The van der Waals surface area contributed by atoms with Gasteiger partial charge in [0.15, 0.2) is 11.6 Å². The summed E-state index contributed by atoms with van der Waals surface area (Å²) < 4.78 is 31.0. The maximum atomic E-state index is 13.0. The van der Waals surface area contributed by atoms with E-state index >= 15 is 0 Å². The van der Waals surface area contributed by atoms with Crippen LogP contribution in [0.4, 0.5) is 14.5 Å². The fourth-order valence-corrected chi connectivity index (χ4v) is 1.67. The van der Waals surface area contributed by atoms with E-state index in [2.05, 4.69) is 10.3 Å². The van der Waals surface area contributed by atoms with E-state index in [-0.39, 0.29) is 17.9 Å². The Hall–Kier alpha value is -2.70. The summed E-state index contributed by atoms with van der Waals surface area (Å²) in [5.74, 6) is -2.26. The number of hydrogen-bond donors (Lipinski definition) is 2. The van der Waals surface area contributed by atoms with E-state index in [0.29, 0.717) is 12.2 Å². The van der Waals surface area contributed by atoms with Gasteiger partial charge in [0.1, 0.15) is 12.4 Å². The Morgan fingerprint density at radius 3 is 2.81 bits per heavy atom. The van der Waals surface area contributed by atoms with E-state index < -0.39 is 17.5 Å². The summed E-state index contributed by atoms with van der Waals surface area (Å²) in [5.41, 5.74) is 6.02. The summed E-state index contributed by atoms with van der Waals surface area (Å²) in [6.07, 6.45) is 2.88. The monoisotopic (exact) mass is 293 g/mol. The van der Waals surface area contributed by atoms with Crippen LogP contribution < -0.4 is 15.8 Å². The predicted octanol–water partition coefficient (Wildman–Crippen LogP) is 1.95. The normalized spacial score (nSPS) is 10.2. The van der Waals surface area contributed by atoms with Crippen molar-refractivity contribution in [2.45, 2.75) is 0 Å². The van der Waals surface area contributed by atoms with Gasteiger partial charge < -0.3 is 15.8 Å². The third-order valence-electron chi connectivity index (χ3n) is 2.66. The summed E-state index contributed by atoms with van der Waals surface area (Å²) in [5, 5.41) is 2.96. The van der Waals surface area contributed by atoms with Gasteiger partial charge in [-0.15, -0.1) is 0 Å². The summed E-state index contributed by atoms with van der Waals surface area (Å²) in [6.45, 7) is 0.550. The number of anilines is 1. The standard InChI is InChI=1S/C14H13F2N3O2/c15-11-2-1-9(7-12(11)16)21-6-5-19-13-3-4-18-8-10(13)14(17)20/h1-4,7-8H,5-6H2,(H2,17,20)(H,18,19). The van der Waals surface area contributed by atoms with Gasteiger partial charge >= 0.3 is 0 Å². The zero-order valence-corrected chi connectivity index (χ0v) is 11.0. The first-order valence-electron chi connectivity index (χ1n) is 6.13. The van der Waals surface area contributed by atoms with Crippen molar-refractivity contribution in [1.29, 1.82) is 0 Å². The number of pyridine rings is 1. The molecule has 1 amide bonds. The van der Waals surface area contributed by atoms with Crippen molar-refractivity contribution >= 4 is 11.6 Å². The van der Waals surface area contributed by atoms with Crippen LogP contribution >= 0.6 is 0 Å². The van der Waals surface area contributed by atoms with Crippen molar-refractivity contribution < 1.29 is 18.3 Å². The maximum absolute atomic E-state index is 13.0. The zero-order valence-electron chi connectivity index (χ0n) is 11.0. The highest BCUT2D eigenvalue weighted by Crippen LogP contribution is 2.16. The molecule has 0 saturated carbocycles. The molecule has 21 heavy (non-hydrogen) atoms. The molecule has 2 rings (SSSR count). The molecule has 7 heteroatoms. The van der Waals surface area contributed by atoms with Crippen molar-refractivity contribution in [3.63, 3.8) is 0 Å². The number of carbonyl (C=O) groups excluding carboxylic acids is 1. The van der Waals surface area contributed by atoms with Crippen molar-refractivity contribution in [2.24, 2.45) is 5.73 Å². The van der Waals surface area contributed by atoms with Gasteiger partial charge in [0.2, 0.25) is 0 Å². The summed E-state index contributed by atoms with van der Waals surface area (Å²) in [7, 11) is 0. The van der Waals surface area contributed by atoms with Crippen LogP contribution in [0.25, 0.3) is 0 Å². The predicted molar refractivity (Wildman–Crippen MR) is 73.1 cm³/mol. The molecule has 1 heterocycles. The van der Waals surface area contributed by atoms with Gasteiger partial charge in [-0.05, 0) is 18.2 Å². The number of rotatable bonds is 6. The SMILES string of the molecule is NC(=O)c1cnccc1NCCOc1ccc(F)c(F)c1. The minimum absolute atomic E-state index is 0.200. The minimum Gasteiger partial charge on any atom is -0.492 e. The lowest BCUT2D eigenvalue weighted by Gasteiger charge is -2.10. The lowest BCUT2D eigenvalue weighted by Crippen LogP contribution is -2.17. The number of nitrogens with two attached hydrogens (primary N) is 1. The second kappa shape index (κ2) is 6.65. The van der Waals surface area contributed by atoms with Crippen LogP contribution in [0.1, 0.15) is 10.4 Å². The van der Waals surface area contributed by atoms with E-state index in [0.717, 1.165) is 12.1 Å². The molecule has 1 aromatic heterocycles. The molecular formula is C14H13F2N3O2. The quantitative estimate of drug-likeness (QED) is 0.798. The van der Waals surface area contributed by atoms with Gasteiger partial charge in [0, 0.05) is 25.0 Å². The highest BCUT2D eigenvalue weighted by atomic mass is 19.2. The number of primary amides is 1. The number of nitrogens with one attached hydrogen (secondary N) is 1. The number of amides is 1. The number of ether oxygens (including phenoxy) is 1. The van der Waals surface area contributed by atoms with E-state index in [1.165, 1.54) is 18.5 Å². The molecule has 5 nitrogen and oxygen atoms in total. The summed E-state index contributed by atoms with van der Waals surface area (Å²) in [6, 6.07) is 4.90. The molecular weight excluding hydrogens is 280 g/mol. The molecule has 0 fully saturated rings. The fourth-order valence-electron chi connectivity index (χ4n) is 1.67. The van der Waals surface area contributed by atoms with E-state index in [9.17, 15) is 13.6 Å². The van der Waals surface area contributed by atoms with Gasteiger partial charge in [-0.3, -0.25) is 9.78 Å². The summed E-state index contributed by atoms with van der Waals surface area (Å²) >= 11 is 0. The first kappa shape index (κ1) is 14.7. The fraction of sp³-hybridized carbons (Fsp3) is 0.143. The Labute approximate surface area is 119 Å². The molecule has 0 aliphatic rings. The molecule has 0 aliphatic heterocycles. The second-order valence-electron chi connectivity index (χ2n) is 4.14.